The van der Waals surface area contributed by atoms with Gasteiger partial charge in [-0.25, -0.2) is 0 Å². The molecule has 0 bridgehead atoms. The van der Waals surface area contributed by atoms with Crippen LogP contribution in [0.5, 0.6) is 0 Å². The second-order valence-electron chi connectivity index (χ2n) is 7.11. The van der Waals surface area contributed by atoms with E-state index in [0.29, 0.717) is 6.54 Å². The first kappa shape index (κ1) is 17.2. The lowest BCUT2D eigenvalue weighted by molar-refractivity contribution is 0.0326. The Balaban J connectivity index is 1.44. The quantitative estimate of drug-likeness (QED) is 0.882. The highest BCUT2D eigenvalue weighted by molar-refractivity contribution is 5.94. The zero-order chi connectivity index (χ0) is 17.9. The second-order valence-corrected chi connectivity index (χ2v) is 7.11. The second kappa shape index (κ2) is 7.59. The fourth-order valence-electron chi connectivity index (χ4n) is 3.84. The van der Waals surface area contributed by atoms with Crippen molar-refractivity contribution in [2.75, 3.05) is 39.4 Å². The van der Waals surface area contributed by atoms with E-state index in [9.17, 15) is 4.79 Å². The Morgan fingerprint density at radius 3 is 2.92 bits per heavy atom. The zero-order valence-corrected chi connectivity index (χ0v) is 15.2. The molecule has 0 radical (unpaired) electrons. The molecule has 0 aliphatic carbocycles. The summed E-state index contributed by atoms with van der Waals surface area (Å²) in [5, 5.41) is 8.90. The molecule has 0 unspecified atom stereocenters. The molecule has 8 nitrogen and oxygen atoms in total. The van der Waals surface area contributed by atoms with Crippen molar-refractivity contribution in [1.29, 1.82) is 0 Å². The summed E-state index contributed by atoms with van der Waals surface area (Å²) < 4.78 is 7.52. The van der Waals surface area contributed by atoms with Crippen molar-refractivity contribution in [3.63, 3.8) is 0 Å². The average Bonchev–Trinajstić information content (AvgIpc) is 3.33. The van der Waals surface area contributed by atoms with Gasteiger partial charge in [0.1, 0.15) is 11.6 Å². The number of likely N-dealkylation sites (tertiary alicyclic amines) is 1. The third-order valence-corrected chi connectivity index (χ3v) is 5.39. The first-order valence-electron chi connectivity index (χ1n) is 9.32. The molecule has 140 valence electrons. The predicted molar refractivity (Wildman–Crippen MR) is 95.8 cm³/mol. The number of nitrogens with zero attached hydrogens (tertiary/aromatic N) is 5. The summed E-state index contributed by atoms with van der Waals surface area (Å²) in [7, 11) is 2.04. The van der Waals surface area contributed by atoms with Crippen molar-refractivity contribution < 1.29 is 9.53 Å². The predicted octanol–water partition coefficient (Wildman–Crippen LogP) is 0.995. The number of hydrogen-bond acceptors (Lipinski definition) is 5. The summed E-state index contributed by atoms with van der Waals surface area (Å²) in [5.41, 5.74) is 0.719. The molecule has 2 aromatic rings. The van der Waals surface area contributed by atoms with Gasteiger partial charge in [0.05, 0.1) is 25.3 Å². The Bertz CT molecular complexity index is 735. The van der Waals surface area contributed by atoms with Gasteiger partial charge in [0.15, 0.2) is 0 Å². The maximum atomic E-state index is 12.6. The highest BCUT2D eigenvalue weighted by atomic mass is 16.5. The molecule has 0 aromatic carbocycles. The molecular weight excluding hydrogens is 332 g/mol. The number of rotatable bonds is 4. The van der Waals surface area contributed by atoms with Crippen LogP contribution in [-0.4, -0.2) is 74.8 Å². The maximum absolute atomic E-state index is 12.6. The molecule has 4 heterocycles. The van der Waals surface area contributed by atoms with Crippen molar-refractivity contribution in [3.8, 4) is 0 Å². The lowest BCUT2D eigenvalue weighted by Crippen LogP contribution is -2.39. The molecule has 26 heavy (non-hydrogen) atoms. The largest absolute Gasteiger partial charge is 0.379 e. The summed E-state index contributed by atoms with van der Waals surface area (Å²) in [6, 6.07) is 1.83. The van der Waals surface area contributed by atoms with Gasteiger partial charge in [-0.3, -0.25) is 9.69 Å². The molecular formula is C18H26N6O2. The Labute approximate surface area is 153 Å². The van der Waals surface area contributed by atoms with Gasteiger partial charge < -0.3 is 19.2 Å². The fraction of sp³-hybridized carbons (Fsp3) is 0.611. The van der Waals surface area contributed by atoms with Gasteiger partial charge >= 0.3 is 0 Å². The van der Waals surface area contributed by atoms with Crippen LogP contribution in [0.4, 0.5) is 0 Å². The van der Waals surface area contributed by atoms with E-state index >= 15 is 0 Å². The molecule has 1 N–H and O–H groups in total. The normalized spacial score (nSPS) is 21.9. The molecule has 4 rings (SSSR count). The van der Waals surface area contributed by atoms with Gasteiger partial charge in [-0.2, -0.15) is 0 Å². The number of H-pyrrole nitrogens is 1. The minimum absolute atomic E-state index is 0.0895. The van der Waals surface area contributed by atoms with Crippen LogP contribution in [0, 0.1) is 0 Å². The van der Waals surface area contributed by atoms with E-state index in [4.69, 9.17) is 4.74 Å². The van der Waals surface area contributed by atoms with Crippen LogP contribution in [0.3, 0.4) is 0 Å². The molecule has 2 aliphatic rings. The van der Waals surface area contributed by atoms with E-state index in [-0.39, 0.29) is 11.8 Å². The number of piperidine rings is 1. The van der Waals surface area contributed by atoms with Crippen molar-refractivity contribution in [1.82, 2.24) is 29.5 Å². The molecule has 2 aromatic heterocycles. The Kier molecular flexibility index (Phi) is 5.03. The Morgan fingerprint density at radius 1 is 1.31 bits per heavy atom. The number of carbonyl (C=O) groups excluding carboxylic acids is 1. The topological polar surface area (TPSA) is 79.3 Å². The van der Waals surface area contributed by atoms with Crippen LogP contribution in [0.2, 0.25) is 0 Å². The number of amides is 1. The van der Waals surface area contributed by atoms with Crippen molar-refractivity contribution >= 4 is 5.91 Å². The minimum Gasteiger partial charge on any atom is -0.379 e. The monoisotopic (exact) mass is 358 g/mol. The zero-order valence-electron chi connectivity index (χ0n) is 15.2. The van der Waals surface area contributed by atoms with Gasteiger partial charge in [-0.05, 0) is 18.9 Å². The number of carbonyl (C=O) groups is 1. The molecule has 1 amide bonds. The Hall–Kier alpha value is -2.19. The van der Waals surface area contributed by atoms with Crippen molar-refractivity contribution in [2.45, 2.75) is 25.3 Å². The number of ether oxygens (including phenoxy) is 1. The van der Waals surface area contributed by atoms with E-state index in [2.05, 4.69) is 24.6 Å². The highest BCUT2D eigenvalue weighted by Gasteiger charge is 2.29. The van der Waals surface area contributed by atoms with E-state index in [1.165, 1.54) is 0 Å². The number of morpholine rings is 1. The molecule has 2 saturated heterocycles. The van der Waals surface area contributed by atoms with E-state index < -0.39 is 0 Å². The van der Waals surface area contributed by atoms with E-state index in [1.807, 2.05) is 18.0 Å². The molecule has 2 fully saturated rings. The molecule has 8 heteroatoms. The molecule has 0 saturated carbocycles. The molecule has 2 aliphatic heterocycles. The number of hydrogen-bond donors (Lipinski definition) is 1. The third-order valence-electron chi connectivity index (χ3n) is 5.39. The lowest BCUT2D eigenvalue weighted by atomic mass is 9.96. The number of aromatic amines is 1. The summed E-state index contributed by atoms with van der Waals surface area (Å²) in [4.78, 5) is 19.9. The van der Waals surface area contributed by atoms with Crippen LogP contribution in [-0.2, 0) is 18.3 Å². The fourth-order valence-corrected chi connectivity index (χ4v) is 3.84. The Morgan fingerprint density at radius 2 is 2.15 bits per heavy atom. The molecule has 0 spiro atoms. The van der Waals surface area contributed by atoms with Gasteiger partial charge in [-0.15, -0.1) is 10.2 Å². The van der Waals surface area contributed by atoms with Gasteiger partial charge in [0.25, 0.3) is 5.91 Å². The average molecular weight is 358 g/mol. The number of aromatic nitrogens is 4. The minimum atomic E-state index is 0.0895. The van der Waals surface area contributed by atoms with Crippen LogP contribution < -0.4 is 0 Å². The smallest absolute Gasteiger partial charge is 0.255 e. The van der Waals surface area contributed by atoms with Gasteiger partial charge in [0.2, 0.25) is 0 Å². The SMILES string of the molecule is Cn1c(CN2CCOCC2)nnc1[C@H]1CCCN(C(=O)c2cc[nH]c2)C1. The highest BCUT2D eigenvalue weighted by Crippen LogP contribution is 2.27. The van der Waals surface area contributed by atoms with Crippen molar-refractivity contribution in [2.24, 2.45) is 7.05 Å². The summed E-state index contributed by atoms with van der Waals surface area (Å²) in [5.74, 6) is 2.30. The first-order chi connectivity index (χ1) is 12.7. The van der Waals surface area contributed by atoms with Crippen LogP contribution in [0.1, 0.15) is 40.8 Å². The summed E-state index contributed by atoms with van der Waals surface area (Å²) in [6.07, 6.45) is 5.58. The third kappa shape index (κ3) is 3.52. The lowest BCUT2D eigenvalue weighted by Gasteiger charge is -2.32. The standard InChI is InChI=1S/C18H26N6O2/c1-22-16(13-23-7-9-26-10-8-23)20-21-17(22)15-3-2-6-24(12-15)18(25)14-4-5-19-11-14/h4-5,11,15,19H,2-3,6-10,12-13H2,1H3/t15-/m0/s1. The first-order valence-corrected chi connectivity index (χ1v) is 9.32. The van der Waals surface area contributed by atoms with Crippen LogP contribution in [0.25, 0.3) is 0 Å². The van der Waals surface area contributed by atoms with Gasteiger partial charge in [0, 0.05) is 51.5 Å². The van der Waals surface area contributed by atoms with Crippen LogP contribution >= 0.6 is 0 Å². The van der Waals surface area contributed by atoms with E-state index in [0.717, 1.165) is 69.4 Å². The van der Waals surface area contributed by atoms with Crippen LogP contribution in [0.15, 0.2) is 18.5 Å². The maximum Gasteiger partial charge on any atom is 0.255 e. The van der Waals surface area contributed by atoms with Crippen molar-refractivity contribution in [3.05, 3.63) is 35.7 Å². The van der Waals surface area contributed by atoms with Gasteiger partial charge in [-0.1, -0.05) is 0 Å². The number of nitrogens with one attached hydrogen (secondary N) is 1. The summed E-state index contributed by atoms with van der Waals surface area (Å²) in [6.45, 7) is 5.74. The molecule has 1 atom stereocenters. The summed E-state index contributed by atoms with van der Waals surface area (Å²) >= 11 is 0. The van der Waals surface area contributed by atoms with E-state index in [1.54, 1.807) is 12.4 Å².